The van der Waals surface area contributed by atoms with Gasteiger partial charge in [-0.15, -0.1) is 0 Å². The number of para-hydroxylation sites is 1. The Bertz CT molecular complexity index is 657. The minimum Gasteiger partial charge on any atom is -0.481 e. The SMILES string of the molecule is Nc1ccc(NC(=O)COc2c(Cl)cccc2Cl)c(Cl)c1. The van der Waals surface area contributed by atoms with Crippen LogP contribution in [0, 0.1) is 0 Å². The number of nitrogens with two attached hydrogens (primary N) is 1. The van der Waals surface area contributed by atoms with Crippen molar-refractivity contribution in [3.63, 3.8) is 0 Å². The molecule has 0 saturated carbocycles. The summed E-state index contributed by atoms with van der Waals surface area (Å²) in [4.78, 5) is 11.8. The van der Waals surface area contributed by atoms with E-state index in [1.165, 1.54) is 0 Å². The summed E-state index contributed by atoms with van der Waals surface area (Å²) in [6.45, 7) is -0.246. The van der Waals surface area contributed by atoms with E-state index in [4.69, 9.17) is 45.3 Å². The maximum atomic E-state index is 11.8. The number of carbonyl (C=O) groups excluding carboxylic acids is 1. The first kappa shape index (κ1) is 15.8. The zero-order valence-electron chi connectivity index (χ0n) is 10.7. The van der Waals surface area contributed by atoms with Crippen LogP contribution in [-0.4, -0.2) is 12.5 Å². The van der Waals surface area contributed by atoms with Crippen molar-refractivity contribution in [2.45, 2.75) is 0 Å². The average Bonchev–Trinajstić information content (AvgIpc) is 2.41. The van der Waals surface area contributed by atoms with Gasteiger partial charge in [-0.05, 0) is 30.3 Å². The summed E-state index contributed by atoms with van der Waals surface area (Å²) >= 11 is 17.8. The van der Waals surface area contributed by atoms with E-state index in [1.807, 2.05) is 0 Å². The highest BCUT2D eigenvalue weighted by atomic mass is 35.5. The molecule has 0 radical (unpaired) electrons. The number of hydrogen-bond donors (Lipinski definition) is 2. The van der Waals surface area contributed by atoms with Gasteiger partial charge in [0.2, 0.25) is 0 Å². The molecule has 0 bridgehead atoms. The van der Waals surface area contributed by atoms with Crippen molar-refractivity contribution in [1.82, 2.24) is 0 Å². The lowest BCUT2D eigenvalue weighted by Gasteiger charge is -2.11. The van der Waals surface area contributed by atoms with E-state index in [9.17, 15) is 4.79 Å². The van der Waals surface area contributed by atoms with Gasteiger partial charge >= 0.3 is 0 Å². The fourth-order valence-electron chi connectivity index (χ4n) is 1.58. The Hall–Kier alpha value is -1.62. The lowest BCUT2D eigenvalue weighted by atomic mass is 10.3. The number of hydrogen-bond acceptors (Lipinski definition) is 3. The third-order valence-electron chi connectivity index (χ3n) is 2.53. The highest BCUT2D eigenvalue weighted by Crippen LogP contribution is 2.32. The molecule has 1 amide bonds. The summed E-state index contributed by atoms with van der Waals surface area (Å²) < 4.78 is 5.32. The van der Waals surface area contributed by atoms with E-state index < -0.39 is 5.91 Å². The normalized spacial score (nSPS) is 10.2. The lowest BCUT2D eigenvalue weighted by Crippen LogP contribution is -2.20. The number of halogens is 3. The molecule has 0 saturated heterocycles. The van der Waals surface area contributed by atoms with Crippen molar-refractivity contribution in [3.8, 4) is 5.75 Å². The molecule has 0 aromatic heterocycles. The first-order valence-electron chi connectivity index (χ1n) is 5.89. The van der Waals surface area contributed by atoms with Crippen LogP contribution in [0.3, 0.4) is 0 Å². The Morgan fingerprint density at radius 3 is 2.38 bits per heavy atom. The molecule has 0 fully saturated rings. The molecule has 2 aromatic rings. The largest absolute Gasteiger partial charge is 0.481 e. The molecule has 0 aliphatic carbocycles. The highest BCUT2D eigenvalue weighted by Gasteiger charge is 2.11. The number of nitrogens with one attached hydrogen (secondary N) is 1. The predicted octanol–water partition coefficient (Wildman–Crippen LogP) is 4.25. The van der Waals surface area contributed by atoms with E-state index in [2.05, 4.69) is 5.32 Å². The minimum atomic E-state index is -0.391. The van der Waals surface area contributed by atoms with Crippen LogP contribution in [0.4, 0.5) is 11.4 Å². The third-order valence-corrected chi connectivity index (χ3v) is 3.44. The second-order valence-corrected chi connectivity index (χ2v) is 5.35. The highest BCUT2D eigenvalue weighted by molar-refractivity contribution is 6.37. The van der Waals surface area contributed by atoms with E-state index in [-0.39, 0.29) is 12.4 Å². The van der Waals surface area contributed by atoms with Crippen molar-refractivity contribution in [3.05, 3.63) is 51.5 Å². The van der Waals surface area contributed by atoms with Gasteiger partial charge in [-0.25, -0.2) is 0 Å². The predicted molar refractivity (Wildman–Crippen MR) is 86.5 cm³/mol. The monoisotopic (exact) mass is 344 g/mol. The van der Waals surface area contributed by atoms with Gasteiger partial charge in [0.1, 0.15) is 0 Å². The van der Waals surface area contributed by atoms with E-state index in [1.54, 1.807) is 36.4 Å². The van der Waals surface area contributed by atoms with Crippen molar-refractivity contribution in [2.24, 2.45) is 0 Å². The molecule has 4 nitrogen and oxygen atoms in total. The van der Waals surface area contributed by atoms with Crippen LogP contribution in [0.25, 0.3) is 0 Å². The van der Waals surface area contributed by atoms with E-state index in [0.717, 1.165) is 0 Å². The zero-order chi connectivity index (χ0) is 15.4. The van der Waals surface area contributed by atoms with Gasteiger partial charge in [0, 0.05) is 5.69 Å². The van der Waals surface area contributed by atoms with Crippen LogP contribution in [0.1, 0.15) is 0 Å². The summed E-state index contributed by atoms with van der Waals surface area (Å²) in [6.07, 6.45) is 0. The van der Waals surface area contributed by atoms with Crippen LogP contribution >= 0.6 is 34.8 Å². The van der Waals surface area contributed by atoms with Gasteiger partial charge in [0.25, 0.3) is 5.91 Å². The molecule has 0 spiro atoms. The van der Waals surface area contributed by atoms with Crippen LogP contribution in [0.2, 0.25) is 15.1 Å². The molecule has 0 atom stereocenters. The van der Waals surface area contributed by atoms with Crippen molar-refractivity contribution >= 4 is 52.1 Å². The quantitative estimate of drug-likeness (QED) is 0.814. The van der Waals surface area contributed by atoms with Gasteiger partial charge < -0.3 is 15.8 Å². The number of benzene rings is 2. The molecule has 2 rings (SSSR count). The van der Waals surface area contributed by atoms with E-state index in [0.29, 0.717) is 26.4 Å². The first-order valence-corrected chi connectivity index (χ1v) is 7.02. The smallest absolute Gasteiger partial charge is 0.262 e. The first-order chi connectivity index (χ1) is 9.97. The number of ether oxygens (including phenoxy) is 1. The van der Waals surface area contributed by atoms with Gasteiger partial charge in [-0.3, -0.25) is 4.79 Å². The van der Waals surface area contributed by atoms with Gasteiger partial charge in [0.05, 0.1) is 20.8 Å². The Labute approximate surface area is 136 Å². The van der Waals surface area contributed by atoms with Crippen molar-refractivity contribution in [2.75, 3.05) is 17.7 Å². The van der Waals surface area contributed by atoms with Crippen molar-refractivity contribution in [1.29, 1.82) is 0 Å². The Morgan fingerprint density at radius 1 is 1.10 bits per heavy atom. The molecule has 0 aliphatic heterocycles. The van der Waals surface area contributed by atoms with Crippen LogP contribution < -0.4 is 15.8 Å². The molecule has 0 aliphatic rings. The summed E-state index contributed by atoms with van der Waals surface area (Å²) in [5.74, 6) is -0.128. The van der Waals surface area contributed by atoms with E-state index >= 15 is 0 Å². The molecule has 2 aromatic carbocycles. The second kappa shape index (κ2) is 6.89. The molecule has 110 valence electrons. The molecular weight excluding hydrogens is 335 g/mol. The Morgan fingerprint density at radius 2 is 1.76 bits per heavy atom. The Kier molecular flexibility index (Phi) is 5.17. The molecular formula is C14H11Cl3N2O2. The number of rotatable bonds is 4. The maximum Gasteiger partial charge on any atom is 0.262 e. The molecule has 0 heterocycles. The van der Waals surface area contributed by atoms with Gasteiger partial charge in [-0.2, -0.15) is 0 Å². The summed E-state index contributed by atoms with van der Waals surface area (Å²) in [6, 6.07) is 9.72. The van der Waals surface area contributed by atoms with Crippen LogP contribution in [0.15, 0.2) is 36.4 Å². The molecule has 7 heteroatoms. The van der Waals surface area contributed by atoms with Crippen LogP contribution in [0.5, 0.6) is 5.75 Å². The number of anilines is 2. The summed E-state index contributed by atoms with van der Waals surface area (Å²) in [7, 11) is 0. The second-order valence-electron chi connectivity index (χ2n) is 4.13. The molecule has 3 N–H and O–H groups in total. The average molecular weight is 346 g/mol. The van der Waals surface area contributed by atoms with Gasteiger partial charge in [-0.1, -0.05) is 40.9 Å². The number of carbonyl (C=O) groups is 1. The fourth-order valence-corrected chi connectivity index (χ4v) is 2.32. The molecule has 21 heavy (non-hydrogen) atoms. The minimum absolute atomic E-state index is 0.246. The Balaban J connectivity index is 1.99. The fraction of sp³-hybridized carbons (Fsp3) is 0.0714. The number of nitrogen functional groups attached to an aromatic ring is 1. The van der Waals surface area contributed by atoms with Crippen LogP contribution in [-0.2, 0) is 4.79 Å². The topological polar surface area (TPSA) is 64.3 Å². The summed E-state index contributed by atoms with van der Waals surface area (Å²) in [5.41, 5.74) is 6.54. The van der Waals surface area contributed by atoms with Gasteiger partial charge in [0.15, 0.2) is 12.4 Å². The zero-order valence-corrected chi connectivity index (χ0v) is 13.0. The summed E-state index contributed by atoms with van der Waals surface area (Å²) in [5, 5.41) is 3.62. The molecule has 0 unspecified atom stereocenters. The van der Waals surface area contributed by atoms with Crippen molar-refractivity contribution < 1.29 is 9.53 Å². The standard InChI is InChI=1S/C14H11Cl3N2O2/c15-9-2-1-3-10(16)14(9)21-7-13(20)19-12-5-4-8(18)6-11(12)17/h1-6H,7,18H2,(H,19,20). The number of amides is 1. The third kappa shape index (κ3) is 4.17. The maximum absolute atomic E-state index is 11.8. The lowest BCUT2D eigenvalue weighted by molar-refractivity contribution is -0.118.